The fourth-order valence-corrected chi connectivity index (χ4v) is 2.69. The first-order chi connectivity index (χ1) is 8.99. The van der Waals surface area contributed by atoms with E-state index >= 15 is 0 Å². The normalized spacial score (nSPS) is 10.7. The largest absolute Gasteiger partial charge is 0.481 e. The van der Waals surface area contributed by atoms with Crippen LogP contribution in [-0.2, 0) is 4.79 Å². The molecule has 100 valence electrons. The Bertz CT molecular complexity index is 630. The fraction of sp³-hybridized carbons (Fsp3) is 0.167. The molecule has 0 bridgehead atoms. The van der Waals surface area contributed by atoms with Crippen LogP contribution in [0.4, 0.5) is 4.39 Å². The Balaban J connectivity index is 2.46. The first-order valence-electron chi connectivity index (χ1n) is 5.33. The molecule has 0 radical (unpaired) electrons. The van der Waals surface area contributed by atoms with E-state index < -0.39 is 5.97 Å². The van der Waals surface area contributed by atoms with Crippen LogP contribution in [0.1, 0.15) is 5.69 Å². The number of aromatic nitrogens is 2. The van der Waals surface area contributed by atoms with Crippen molar-refractivity contribution in [1.82, 2.24) is 9.55 Å². The van der Waals surface area contributed by atoms with Crippen LogP contribution in [0.3, 0.4) is 0 Å². The smallest absolute Gasteiger partial charge is 0.313 e. The third kappa shape index (κ3) is 3.16. The van der Waals surface area contributed by atoms with Gasteiger partial charge in [-0.25, -0.2) is 9.37 Å². The standard InChI is InChI=1S/C12H10BrFN2O2S/c1-7-5-15-12(19-6-11(17)18)16(7)10-4-8(13)2-3-9(10)14/h2-5H,6H2,1H3,(H,17,18). The molecule has 19 heavy (non-hydrogen) atoms. The molecular formula is C12H10BrFN2O2S. The van der Waals surface area contributed by atoms with E-state index in [1.54, 1.807) is 29.8 Å². The Hall–Kier alpha value is -1.34. The van der Waals surface area contributed by atoms with Gasteiger partial charge in [-0.2, -0.15) is 0 Å². The zero-order valence-electron chi connectivity index (χ0n) is 9.93. The molecule has 0 saturated carbocycles. The van der Waals surface area contributed by atoms with Gasteiger partial charge in [0.1, 0.15) is 5.82 Å². The molecule has 1 aromatic heterocycles. The van der Waals surface area contributed by atoms with Crippen LogP contribution < -0.4 is 0 Å². The van der Waals surface area contributed by atoms with Crippen molar-refractivity contribution in [1.29, 1.82) is 0 Å². The van der Waals surface area contributed by atoms with Crippen LogP contribution in [-0.4, -0.2) is 26.4 Å². The van der Waals surface area contributed by atoms with Crippen LogP contribution in [0.15, 0.2) is 34.0 Å². The number of aryl methyl sites for hydroxylation is 1. The van der Waals surface area contributed by atoms with Gasteiger partial charge in [0.05, 0.1) is 11.4 Å². The molecule has 2 rings (SSSR count). The van der Waals surface area contributed by atoms with Gasteiger partial charge in [-0.3, -0.25) is 9.36 Å². The molecule has 0 saturated heterocycles. The Morgan fingerprint density at radius 2 is 2.32 bits per heavy atom. The van der Waals surface area contributed by atoms with Crippen molar-refractivity contribution in [3.8, 4) is 5.69 Å². The third-order valence-electron chi connectivity index (χ3n) is 2.38. The highest BCUT2D eigenvalue weighted by atomic mass is 79.9. The summed E-state index contributed by atoms with van der Waals surface area (Å²) in [5.41, 5.74) is 1.09. The fourth-order valence-electron chi connectivity index (χ4n) is 1.59. The number of carboxylic acid groups (broad SMARTS) is 1. The number of carbonyl (C=O) groups is 1. The van der Waals surface area contributed by atoms with Crippen LogP contribution in [0.2, 0.25) is 0 Å². The van der Waals surface area contributed by atoms with Gasteiger partial charge < -0.3 is 5.11 Å². The zero-order valence-corrected chi connectivity index (χ0v) is 12.3. The minimum atomic E-state index is -0.938. The molecule has 0 aliphatic carbocycles. The molecule has 0 aliphatic heterocycles. The molecule has 1 aromatic carbocycles. The second kappa shape index (κ2) is 5.75. The Morgan fingerprint density at radius 1 is 1.58 bits per heavy atom. The molecule has 1 N–H and O–H groups in total. The highest BCUT2D eigenvalue weighted by molar-refractivity contribution is 9.10. The molecule has 0 spiro atoms. The van der Waals surface area contributed by atoms with Gasteiger partial charge in [-0.1, -0.05) is 27.7 Å². The number of carboxylic acids is 1. The average Bonchev–Trinajstić information content (AvgIpc) is 2.71. The number of aliphatic carboxylic acids is 1. The Labute approximate surface area is 121 Å². The first kappa shape index (κ1) is 14.1. The highest BCUT2D eigenvalue weighted by Crippen LogP contribution is 2.26. The molecule has 0 unspecified atom stereocenters. The van der Waals surface area contributed by atoms with Crippen molar-refractivity contribution in [2.75, 3.05) is 5.75 Å². The maximum absolute atomic E-state index is 13.9. The zero-order chi connectivity index (χ0) is 14.0. The van der Waals surface area contributed by atoms with E-state index in [4.69, 9.17) is 5.11 Å². The second-order valence-corrected chi connectivity index (χ2v) is 5.65. The van der Waals surface area contributed by atoms with Crippen LogP contribution in [0, 0.1) is 12.7 Å². The Kier molecular flexibility index (Phi) is 4.26. The average molecular weight is 345 g/mol. The first-order valence-corrected chi connectivity index (χ1v) is 7.11. The lowest BCUT2D eigenvalue weighted by atomic mass is 10.3. The minimum Gasteiger partial charge on any atom is -0.481 e. The van der Waals surface area contributed by atoms with Gasteiger partial charge in [-0.05, 0) is 25.1 Å². The molecule has 1 heterocycles. The van der Waals surface area contributed by atoms with Crippen molar-refractivity contribution in [3.05, 3.63) is 40.4 Å². The van der Waals surface area contributed by atoms with E-state index in [1.807, 2.05) is 0 Å². The summed E-state index contributed by atoms with van der Waals surface area (Å²) in [6.45, 7) is 1.79. The third-order valence-corrected chi connectivity index (χ3v) is 3.81. The lowest BCUT2D eigenvalue weighted by Gasteiger charge is -2.10. The maximum atomic E-state index is 13.9. The number of hydrogen-bond acceptors (Lipinski definition) is 3. The summed E-state index contributed by atoms with van der Waals surface area (Å²) in [5, 5.41) is 9.16. The van der Waals surface area contributed by atoms with Gasteiger partial charge >= 0.3 is 5.97 Å². The topological polar surface area (TPSA) is 55.1 Å². The van der Waals surface area contributed by atoms with E-state index in [2.05, 4.69) is 20.9 Å². The molecule has 0 atom stereocenters. The second-order valence-electron chi connectivity index (χ2n) is 3.80. The molecule has 0 fully saturated rings. The van der Waals surface area contributed by atoms with E-state index in [0.29, 0.717) is 10.8 Å². The highest BCUT2D eigenvalue weighted by Gasteiger charge is 2.14. The number of thioether (sulfide) groups is 1. The predicted octanol–water partition coefficient (Wildman–Crippen LogP) is 3.26. The number of imidazole rings is 1. The van der Waals surface area contributed by atoms with Crippen molar-refractivity contribution in [3.63, 3.8) is 0 Å². The van der Waals surface area contributed by atoms with Gasteiger partial charge in [0, 0.05) is 16.4 Å². The molecule has 2 aromatic rings. The molecule has 7 heteroatoms. The van der Waals surface area contributed by atoms with Gasteiger partial charge in [-0.15, -0.1) is 0 Å². The minimum absolute atomic E-state index is 0.119. The Morgan fingerprint density at radius 3 is 3.00 bits per heavy atom. The van der Waals surface area contributed by atoms with E-state index in [1.165, 1.54) is 6.07 Å². The summed E-state index contributed by atoms with van der Waals surface area (Å²) in [5.74, 6) is -1.44. The van der Waals surface area contributed by atoms with Crippen molar-refractivity contribution >= 4 is 33.7 Å². The van der Waals surface area contributed by atoms with Gasteiger partial charge in [0.2, 0.25) is 0 Å². The van der Waals surface area contributed by atoms with Gasteiger partial charge in [0.25, 0.3) is 0 Å². The van der Waals surface area contributed by atoms with Crippen molar-refractivity contribution in [2.45, 2.75) is 12.1 Å². The van der Waals surface area contributed by atoms with Gasteiger partial charge in [0.15, 0.2) is 5.16 Å². The number of benzene rings is 1. The summed E-state index contributed by atoms with van der Waals surface area (Å²) < 4.78 is 16.2. The summed E-state index contributed by atoms with van der Waals surface area (Å²) in [7, 11) is 0. The van der Waals surface area contributed by atoms with Crippen molar-refractivity contribution < 1.29 is 14.3 Å². The van der Waals surface area contributed by atoms with Crippen molar-refractivity contribution in [2.24, 2.45) is 0 Å². The predicted molar refractivity (Wildman–Crippen MR) is 74.3 cm³/mol. The molecule has 0 amide bonds. The summed E-state index contributed by atoms with van der Waals surface area (Å²) in [4.78, 5) is 14.7. The summed E-state index contributed by atoms with van der Waals surface area (Å²) >= 11 is 4.35. The molecule has 4 nitrogen and oxygen atoms in total. The lowest BCUT2D eigenvalue weighted by molar-refractivity contribution is -0.133. The number of hydrogen-bond donors (Lipinski definition) is 1. The summed E-state index contributed by atoms with van der Waals surface area (Å²) in [6.07, 6.45) is 1.59. The van der Waals surface area contributed by atoms with Crippen LogP contribution in [0.25, 0.3) is 5.69 Å². The number of rotatable bonds is 4. The monoisotopic (exact) mass is 344 g/mol. The van der Waals surface area contributed by atoms with Crippen LogP contribution in [0.5, 0.6) is 0 Å². The summed E-state index contributed by atoms with van der Waals surface area (Å²) in [6, 6.07) is 4.59. The SMILES string of the molecule is Cc1cnc(SCC(=O)O)n1-c1cc(Br)ccc1F. The number of nitrogens with zero attached hydrogens (tertiary/aromatic N) is 2. The van der Waals surface area contributed by atoms with E-state index in [0.717, 1.165) is 21.9 Å². The lowest BCUT2D eigenvalue weighted by Crippen LogP contribution is -2.04. The van der Waals surface area contributed by atoms with Crippen LogP contribution >= 0.6 is 27.7 Å². The molecular weight excluding hydrogens is 335 g/mol. The molecule has 0 aliphatic rings. The van der Waals surface area contributed by atoms with E-state index in [9.17, 15) is 9.18 Å². The quantitative estimate of drug-likeness (QED) is 0.865. The number of halogens is 2. The van der Waals surface area contributed by atoms with E-state index in [-0.39, 0.29) is 11.6 Å². The maximum Gasteiger partial charge on any atom is 0.313 e.